The van der Waals surface area contributed by atoms with E-state index in [1.165, 1.54) is 31.2 Å². The summed E-state index contributed by atoms with van der Waals surface area (Å²) in [6.07, 6.45) is 7.76. The fourth-order valence-corrected chi connectivity index (χ4v) is 5.90. The van der Waals surface area contributed by atoms with E-state index >= 15 is 0 Å². The van der Waals surface area contributed by atoms with Crippen LogP contribution in [0.25, 0.3) is 0 Å². The Morgan fingerprint density at radius 3 is 2.82 bits per heavy atom. The van der Waals surface area contributed by atoms with Crippen molar-refractivity contribution in [3.63, 3.8) is 0 Å². The zero-order chi connectivity index (χ0) is 15.5. The second-order valence-electron chi connectivity index (χ2n) is 7.75. The number of hydrogen-bond donors (Lipinski definition) is 2. The SMILES string of the molecule is C/C=C1\CC[C@H]2[C@@H]3CC(O)c4cc(O)ccc4[C@H]3CC[C@]12C. The lowest BCUT2D eigenvalue weighted by atomic mass is 9.54. The predicted molar refractivity (Wildman–Crippen MR) is 87.7 cm³/mol. The number of fused-ring (bicyclic) bond motifs is 5. The first-order valence-electron chi connectivity index (χ1n) is 8.71. The van der Waals surface area contributed by atoms with Gasteiger partial charge in [-0.25, -0.2) is 0 Å². The van der Waals surface area contributed by atoms with E-state index in [4.69, 9.17) is 0 Å². The van der Waals surface area contributed by atoms with Crippen LogP contribution in [0.5, 0.6) is 5.75 Å². The molecule has 3 aliphatic carbocycles. The third-order valence-electron chi connectivity index (χ3n) is 6.96. The summed E-state index contributed by atoms with van der Waals surface area (Å²) < 4.78 is 0. The van der Waals surface area contributed by atoms with E-state index in [1.807, 2.05) is 0 Å². The van der Waals surface area contributed by atoms with Gasteiger partial charge in [-0.1, -0.05) is 24.6 Å². The molecule has 0 spiro atoms. The molecule has 118 valence electrons. The quantitative estimate of drug-likeness (QED) is 0.682. The minimum atomic E-state index is -0.416. The average molecular weight is 298 g/mol. The van der Waals surface area contributed by atoms with Gasteiger partial charge in [0, 0.05) is 0 Å². The molecule has 2 saturated carbocycles. The van der Waals surface area contributed by atoms with Crippen molar-refractivity contribution in [2.45, 2.75) is 58.0 Å². The molecule has 1 aromatic rings. The monoisotopic (exact) mass is 298 g/mol. The third kappa shape index (κ3) is 1.83. The number of aliphatic hydroxyl groups is 1. The molecule has 0 saturated heterocycles. The van der Waals surface area contributed by atoms with E-state index in [1.54, 1.807) is 17.7 Å². The van der Waals surface area contributed by atoms with Gasteiger partial charge in [-0.2, -0.15) is 0 Å². The molecule has 0 aromatic heterocycles. The van der Waals surface area contributed by atoms with Crippen LogP contribution < -0.4 is 0 Å². The number of allylic oxidation sites excluding steroid dienone is 2. The van der Waals surface area contributed by atoms with Crippen molar-refractivity contribution >= 4 is 0 Å². The highest BCUT2D eigenvalue weighted by atomic mass is 16.3. The summed E-state index contributed by atoms with van der Waals surface area (Å²) in [5.41, 5.74) is 4.25. The van der Waals surface area contributed by atoms with Crippen LogP contribution >= 0.6 is 0 Å². The Bertz CT molecular complexity index is 633. The lowest BCUT2D eigenvalue weighted by Crippen LogP contribution is -2.41. The van der Waals surface area contributed by atoms with Crippen molar-refractivity contribution in [1.29, 1.82) is 0 Å². The van der Waals surface area contributed by atoms with Crippen LogP contribution in [-0.2, 0) is 0 Å². The first kappa shape index (κ1) is 14.3. The van der Waals surface area contributed by atoms with Gasteiger partial charge in [0.1, 0.15) is 5.75 Å². The van der Waals surface area contributed by atoms with Crippen LogP contribution in [0.15, 0.2) is 29.8 Å². The number of aromatic hydroxyl groups is 1. The second-order valence-corrected chi connectivity index (χ2v) is 7.75. The molecule has 0 radical (unpaired) electrons. The summed E-state index contributed by atoms with van der Waals surface area (Å²) >= 11 is 0. The zero-order valence-electron chi connectivity index (χ0n) is 13.5. The van der Waals surface area contributed by atoms with E-state index in [0.29, 0.717) is 23.2 Å². The summed E-state index contributed by atoms with van der Waals surface area (Å²) in [4.78, 5) is 0. The van der Waals surface area contributed by atoms with Crippen molar-refractivity contribution in [3.8, 4) is 5.75 Å². The molecule has 3 aliphatic rings. The molecule has 2 fully saturated rings. The van der Waals surface area contributed by atoms with Crippen molar-refractivity contribution in [1.82, 2.24) is 0 Å². The molecular formula is C20H26O2. The van der Waals surface area contributed by atoms with Gasteiger partial charge in [0.2, 0.25) is 0 Å². The lowest BCUT2D eigenvalue weighted by Gasteiger charge is -2.50. The summed E-state index contributed by atoms with van der Waals surface area (Å²) in [7, 11) is 0. The molecule has 1 aromatic carbocycles. The minimum Gasteiger partial charge on any atom is -0.508 e. The van der Waals surface area contributed by atoms with Crippen molar-refractivity contribution in [2.24, 2.45) is 17.3 Å². The van der Waals surface area contributed by atoms with E-state index in [9.17, 15) is 10.2 Å². The van der Waals surface area contributed by atoms with Crippen LogP contribution in [0, 0.1) is 17.3 Å². The van der Waals surface area contributed by atoms with Crippen molar-refractivity contribution < 1.29 is 10.2 Å². The molecule has 5 atom stereocenters. The fourth-order valence-electron chi connectivity index (χ4n) is 5.90. The van der Waals surface area contributed by atoms with E-state index in [2.05, 4.69) is 26.0 Å². The van der Waals surface area contributed by atoms with Gasteiger partial charge in [-0.05, 0) is 85.5 Å². The van der Waals surface area contributed by atoms with Crippen LogP contribution in [-0.4, -0.2) is 10.2 Å². The molecule has 1 unspecified atom stereocenters. The van der Waals surface area contributed by atoms with E-state index in [0.717, 1.165) is 12.0 Å². The molecule has 2 heteroatoms. The Labute approximate surface area is 132 Å². The summed E-state index contributed by atoms with van der Waals surface area (Å²) in [6.45, 7) is 4.64. The normalized spacial score (nSPS) is 41.9. The highest BCUT2D eigenvalue weighted by Gasteiger charge is 2.53. The molecular weight excluding hydrogens is 272 g/mol. The van der Waals surface area contributed by atoms with Gasteiger partial charge in [0.15, 0.2) is 0 Å². The van der Waals surface area contributed by atoms with Crippen LogP contribution in [0.2, 0.25) is 0 Å². The second kappa shape index (κ2) is 4.86. The van der Waals surface area contributed by atoms with E-state index < -0.39 is 6.10 Å². The number of phenols is 1. The molecule has 0 heterocycles. The zero-order valence-corrected chi connectivity index (χ0v) is 13.5. The van der Waals surface area contributed by atoms with Crippen LogP contribution in [0.3, 0.4) is 0 Å². The van der Waals surface area contributed by atoms with Gasteiger partial charge < -0.3 is 10.2 Å². The maximum absolute atomic E-state index is 10.6. The molecule has 22 heavy (non-hydrogen) atoms. The molecule has 4 rings (SSSR count). The minimum absolute atomic E-state index is 0.272. The maximum Gasteiger partial charge on any atom is 0.115 e. The van der Waals surface area contributed by atoms with Gasteiger partial charge in [-0.3, -0.25) is 0 Å². The molecule has 2 N–H and O–H groups in total. The molecule has 0 amide bonds. The van der Waals surface area contributed by atoms with Crippen molar-refractivity contribution in [2.75, 3.05) is 0 Å². The Kier molecular flexibility index (Phi) is 3.16. The number of benzene rings is 1. The van der Waals surface area contributed by atoms with Gasteiger partial charge >= 0.3 is 0 Å². The average Bonchev–Trinajstić information content (AvgIpc) is 2.84. The molecule has 0 aliphatic heterocycles. The molecule has 2 nitrogen and oxygen atoms in total. The molecule has 0 bridgehead atoms. The highest BCUT2D eigenvalue weighted by Crippen LogP contribution is 2.63. The number of phenolic OH excluding ortho intramolecular Hbond substituents is 1. The first-order valence-corrected chi connectivity index (χ1v) is 8.71. The number of aliphatic hydroxyl groups excluding tert-OH is 1. The van der Waals surface area contributed by atoms with Gasteiger partial charge in [0.25, 0.3) is 0 Å². The van der Waals surface area contributed by atoms with Crippen LogP contribution in [0.4, 0.5) is 0 Å². The summed E-state index contributed by atoms with van der Waals surface area (Å²) in [5.74, 6) is 2.12. The predicted octanol–water partition coefficient (Wildman–Crippen LogP) is 4.69. The largest absolute Gasteiger partial charge is 0.508 e. The first-order chi connectivity index (χ1) is 10.5. The van der Waals surface area contributed by atoms with Crippen molar-refractivity contribution in [3.05, 3.63) is 41.0 Å². The van der Waals surface area contributed by atoms with Crippen LogP contribution in [0.1, 0.15) is 69.1 Å². The van der Waals surface area contributed by atoms with E-state index in [-0.39, 0.29) is 5.75 Å². The Balaban J connectivity index is 1.75. The maximum atomic E-state index is 10.6. The standard InChI is InChI=1S/C20H26O2/c1-3-12-4-7-18-16-11-19(22)17-10-13(21)5-6-14(17)15(16)8-9-20(12,18)2/h3,5-6,10,15-16,18-19,21-22H,4,7-9,11H2,1-2H3/b12-3+/t15-,16-,18+,19?,20-/m1/s1. The Hall–Kier alpha value is -1.28. The Morgan fingerprint density at radius 1 is 1.23 bits per heavy atom. The topological polar surface area (TPSA) is 40.5 Å². The fraction of sp³-hybridized carbons (Fsp3) is 0.600. The Morgan fingerprint density at radius 2 is 2.05 bits per heavy atom. The van der Waals surface area contributed by atoms with Gasteiger partial charge in [0.05, 0.1) is 6.10 Å². The summed E-state index contributed by atoms with van der Waals surface area (Å²) in [6, 6.07) is 5.61. The summed E-state index contributed by atoms with van der Waals surface area (Å²) in [5, 5.41) is 20.4. The lowest BCUT2D eigenvalue weighted by molar-refractivity contribution is 0.0304. The van der Waals surface area contributed by atoms with Gasteiger partial charge in [-0.15, -0.1) is 0 Å². The smallest absolute Gasteiger partial charge is 0.115 e. The number of hydrogen-bond acceptors (Lipinski definition) is 2. The third-order valence-corrected chi connectivity index (χ3v) is 6.96. The number of rotatable bonds is 0. The highest BCUT2D eigenvalue weighted by molar-refractivity contribution is 5.42.